The molecule has 0 aliphatic rings. The fourth-order valence-corrected chi connectivity index (χ4v) is 5.24. The molecule has 2 amide bonds. The SMILES string of the molecule is CCCn1cc(-c2nc(Nc3ccc(C(=O)NCCOCCNC(=O)OC(C)(C)C)cc3)nc3c2ccn3SI)cn1. The number of alkyl carbamates (subject to hydrolysis) is 1. The first-order chi connectivity index (χ1) is 20.2. The second-order valence-corrected chi connectivity index (χ2v) is 12.0. The molecule has 0 radical (unpaired) electrons. The third kappa shape index (κ3) is 8.82. The number of anilines is 2. The molecule has 0 aliphatic heterocycles. The van der Waals surface area contributed by atoms with Crippen LogP contribution in [0.4, 0.5) is 16.4 Å². The Morgan fingerprint density at radius 1 is 1.05 bits per heavy atom. The summed E-state index contributed by atoms with van der Waals surface area (Å²) in [6.45, 7) is 9.65. The largest absolute Gasteiger partial charge is 0.444 e. The fraction of sp³-hybridized carbons (Fsp3) is 0.393. The molecular weight excluding hydrogens is 671 g/mol. The Morgan fingerprint density at radius 3 is 2.48 bits per heavy atom. The normalized spacial score (nSPS) is 11.5. The number of aryl methyl sites for hydroxylation is 1. The molecule has 3 heterocycles. The van der Waals surface area contributed by atoms with Gasteiger partial charge in [-0.05, 0) is 57.5 Å². The molecule has 224 valence electrons. The Labute approximate surface area is 261 Å². The Bertz CT molecular complexity index is 1500. The molecule has 14 heteroatoms. The Hall–Kier alpha value is -3.37. The van der Waals surface area contributed by atoms with E-state index in [0.717, 1.165) is 40.9 Å². The summed E-state index contributed by atoms with van der Waals surface area (Å²) in [6, 6.07) is 9.11. The van der Waals surface area contributed by atoms with Crippen molar-refractivity contribution in [1.29, 1.82) is 0 Å². The Morgan fingerprint density at radius 2 is 1.79 bits per heavy atom. The lowest BCUT2D eigenvalue weighted by atomic mass is 10.2. The van der Waals surface area contributed by atoms with Crippen LogP contribution in [0.1, 0.15) is 44.5 Å². The van der Waals surface area contributed by atoms with E-state index in [1.807, 2.05) is 45.4 Å². The maximum absolute atomic E-state index is 12.6. The highest BCUT2D eigenvalue weighted by Crippen LogP contribution is 2.32. The van der Waals surface area contributed by atoms with Crippen molar-refractivity contribution in [1.82, 2.24) is 34.4 Å². The van der Waals surface area contributed by atoms with Gasteiger partial charge in [0, 0.05) is 84.6 Å². The number of carbonyl (C=O) groups excluding carboxylic acids is 2. The van der Waals surface area contributed by atoms with E-state index < -0.39 is 11.7 Å². The number of halogens is 1. The number of ether oxygens (including phenoxy) is 2. The number of fused-ring (bicyclic) bond motifs is 1. The van der Waals surface area contributed by atoms with Crippen molar-refractivity contribution >= 4 is 65.0 Å². The quantitative estimate of drug-likeness (QED) is 0.121. The molecular formula is C28H35IN8O4S. The minimum atomic E-state index is -0.546. The number of aromatic nitrogens is 5. The first-order valence-corrected chi connectivity index (χ1v) is 16.9. The maximum Gasteiger partial charge on any atom is 0.407 e. The standard InChI is InChI=1S/C28H35IN8O4S/c1-5-13-36-18-20(17-32-36)23-22-10-14-37(42-29)24(22)35-26(34-23)33-21-8-6-19(7-9-21)25(38)30-11-15-40-16-12-31-27(39)41-28(2,3)4/h6-10,14,17-18H,5,11-13,15-16H2,1-4H3,(H,30,38)(H,31,39)(H,33,34,35). The van der Waals surface area contributed by atoms with Gasteiger partial charge in [0.25, 0.3) is 5.91 Å². The topological polar surface area (TPSA) is 137 Å². The number of nitrogens with one attached hydrogen (secondary N) is 3. The number of carbonyl (C=O) groups is 2. The van der Waals surface area contributed by atoms with E-state index >= 15 is 0 Å². The van der Waals surface area contributed by atoms with E-state index in [9.17, 15) is 9.59 Å². The lowest BCUT2D eigenvalue weighted by molar-refractivity contribution is 0.0500. The van der Waals surface area contributed by atoms with Gasteiger partial charge in [-0.15, -0.1) is 0 Å². The second-order valence-electron chi connectivity index (χ2n) is 10.3. The number of benzene rings is 1. The predicted molar refractivity (Wildman–Crippen MR) is 173 cm³/mol. The minimum Gasteiger partial charge on any atom is -0.444 e. The molecule has 0 spiro atoms. The lowest BCUT2D eigenvalue weighted by Crippen LogP contribution is -2.34. The van der Waals surface area contributed by atoms with Gasteiger partial charge in [0.2, 0.25) is 5.95 Å². The van der Waals surface area contributed by atoms with E-state index in [-0.39, 0.29) is 5.91 Å². The van der Waals surface area contributed by atoms with Gasteiger partial charge in [-0.3, -0.25) is 13.4 Å². The molecule has 12 nitrogen and oxygen atoms in total. The summed E-state index contributed by atoms with van der Waals surface area (Å²) < 4.78 is 14.5. The number of hydrogen-bond donors (Lipinski definition) is 3. The highest BCUT2D eigenvalue weighted by molar-refractivity contribution is 14.2. The first kappa shape index (κ1) is 31.6. The van der Waals surface area contributed by atoms with E-state index in [2.05, 4.69) is 49.2 Å². The van der Waals surface area contributed by atoms with Gasteiger partial charge in [0.1, 0.15) is 5.60 Å². The van der Waals surface area contributed by atoms with Crippen molar-refractivity contribution in [2.45, 2.75) is 46.3 Å². The van der Waals surface area contributed by atoms with Gasteiger partial charge in [-0.2, -0.15) is 10.1 Å². The van der Waals surface area contributed by atoms with Crippen molar-refractivity contribution in [2.24, 2.45) is 0 Å². The molecule has 0 saturated heterocycles. The van der Waals surface area contributed by atoms with Gasteiger partial charge in [-0.1, -0.05) is 6.92 Å². The van der Waals surface area contributed by atoms with Crippen LogP contribution >= 0.6 is 30.3 Å². The van der Waals surface area contributed by atoms with Crippen LogP contribution in [0.25, 0.3) is 22.3 Å². The molecule has 0 aliphatic carbocycles. The van der Waals surface area contributed by atoms with Crippen molar-refractivity contribution in [3.8, 4) is 11.3 Å². The van der Waals surface area contributed by atoms with Crippen LogP contribution in [0.15, 0.2) is 48.9 Å². The Balaban J connectivity index is 1.31. The molecule has 3 aromatic heterocycles. The Kier molecular flexibility index (Phi) is 11.0. The van der Waals surface area contributed by atoms with Crippen molar-refractivity contribution in [3.63, 3.8) is 0 Å². The number of hydrogen-bond acceptors (Lipinski definition) is 9. The summed E-state index contributed by atoms with van der Waals surface area (Å²) in [7, 11) is 1.53. The third-order valence-electron chi connectivity index (χ3n) is 5.79. The molecule has 0 bridgehead atoms. The zero-order chi connectivity index (χ0) is 30.1. The third-order valence-corrected chi connectivity index (χ3v) is 7.51. The smallest absolute Gasteiger partial charge is 0.407 e. The highest BCUT2D eigenvalue weighted by Gasteiger charge is 2.17. The molecule has 0 fully saturated rings. The van der Waals surface area contributed by atoms with Gasteiger partial charge in [0.15, 0.2) is 5.65 Å². The average molecular weight is 707 g/mol. The van der Waals surface area contributed by atoms with Gasteiger partial charge >= 0.3 is 6.09 Å². The van der Waals surface area contributed by atoms with E-state index in [4.69, 9.17) is 19.4 Å². The van der Waals surface area contributed by atoms with Gasteiger partial charge in [0.05, 0.1) is 25.1 Å². The van der Waals surface area contributed by atoms with Crippen LogP contribution in [0, 0.1) is 0 Å². The molecule has 4 rings (SSSR count). The van der Waals surface area contributed by atoms with E-state index in [1.54, 1.807) is 32.9 Å². The molecule has 3 N–H and O–H groups in total. The summed E-state index contributed by atoms with van der Waals surface area (Å²) in [5.41, 5.74) is 3.24. The van der Waals surface area contributed by atoms with Crippen molar-refractivity contribution in [3.05, 3.63) is 54.5 Å². The lowest BCUT2D eigenvalue weighted by Gasteiger charge is -2.19. The van der Waals surface area contributed by atoms with Gasteiger partial charge < -0.3 is 25.4 Å². The van der Waals surface area contributed by atoms with Crippen molar-refractivity contribution in [2.75, 3.05) is 31.6 Å². The fourth-order valence-electron chi connectivity index (χ4n) is 3.98. The van der Waals surface area contributed by atoms with E-state index in [1.165, 1.54) is 9.12 Å². The second kappa shape index (κ2) is 14.7. The summed E-state index contributed by atoms with van der Waals surface area (Å²) in [4.78, 5) is 33.7. The van der Waals surface area contributed by atoms with Crippen LogP contribution in [0.2, 0.25) is 0 Å². The summed E-state index contributed by atoms with van der Waals surface area (Å²) in [5, 5.41) is 14.1. The zero-order valence-electron chi connectivity index (χ0n) is 24.0. The summed E-state index contributed by atoms with van der Waals surface area (Å²) >= 11 is 2.22. The molecule has 4 aromatic rings. The van der Waals surface area contributed by atoms with E-state index in [0.29, 0.717) is 37.8 Å². The minimum absolute atomic E-state index is 0.210. The first-order valence-electron chi connectivity index (χ1n) is 13.6. The van der Waals surface area contributed by atoms with Crippen LogP contribution < -0.4 is 16.0 Å². The summed E-state index contributed by atoms with van der Waals surface area (Å²) in [5.74, 6) is 0.236. The van der Waals surface area contributed by atoms with Crippen LogP contribution in [-0.2, 0) is 16.0 Å². The molecule has 0 saturated carbocycles. The highest BCUT2D eigenvalue weighted by atomic mass is 127. The molecule has 0 atom stereocenters. The zero-order valence-corrected chi connectivity index (χ0v) is 27.0. The number of rotatable bonds is 13. The monoisotopic (exact) mass is 706 g/mol. The van der Waals surface area contributed by atoms with Crippen LogP contribution in [0.5, 0.6) is 0 Å². The van der Waals surface area contributed by atoms with Gasteiger partial charge in [-0.25, -0.2) is 9.78 Å². The van der Waals surface area contributed by atoms with Crippen LogP contribution in [0.3, 0.4) is 0 Å². The number of nitrogens with zero attached hydrogens (tertiary/aromatic N) is 5. The number of amides is 2. The molecule has 42 heavy (non-hydrogen) atoms. The molecule has 0 unspecified atom stereocenters. The maximum atomic E-state index is 12.6. The van der Waals surface area contributed by atoms with Crippen LogP contribution in [-0.4, -0.2) is 67.6 Å². The summed E-state index contributed by atoms with van der Waals surface area (Å²) in [6.07, 6.45) is 6.31. The van der Waals surface area contributed by atoms with Crippen molar-refractivity contribution < 1.29 is 19.1 Å². The predicted octanol–water partition coefficient (Wildman–Crippen LogP) is 5.57. The average Bonchev–Trinajstić information content (AvgIpc) is 3.58. The molecule has 1 aromatic carbocycles.